The molecule has 0 heterocycles. The fourth-order valence-corrected chi connectivity index (χ4v) is 2.91. The number of thiol groups is 1. The predicted molar refractivity (Wildman–Crippen MR) is 126 cm³/mol. The molecule has 0 radical (unpaired) electrons. The third kappa shape index (κ3) is 11.2. The molecular formula is C19H37N7O6S. The van der Waals surface area contributed by atoms with Crippen LogP contribution in [0, 0.1) is 5.92 Å². The Balaban J connectivity index is 5.48. The second-order valence-corrected chi connectivity index (χ2v) is 8.10. The number of guanidine groups is 1. The Bertz CT molecular complexity index is 702. The normalized spacial score (nSPS) is 16.3. The fourth-order valence-electron chi connectivity index (χ4n) is 2.66. The van der Waals surface area contributed by atoms with Crippen molar-refractivity contribution < 1.29 is 29.4 Å². The van der Waals surface area contributed by atoms with E-state index in [0.717, 1.165) is 0 Å². The van der Waals surface area contributed by atoms with Gasteiger partial charge in [0.25, 0.3) is 0 Å². The van der Waals surface area contributed by atoms with Gasteiger partial charge >= 0.3 is 5.97 Å². The van der Waals surface area contributed by atoms with Crippen LogP contribution in [0.2, 0.25) is 0 Å². The first-order valence-corrected chi connectivity index (χ1v) is 11.2. The second-order valence-electron chi connectivity index (χ2n) is 7.73. The molecule has 190 valence electrons. The van der Waals surface area contributed by atoms with E-state index in [-0.39, 0.29) is 37.0 Å². The van der Waals surface area contributed by atoms with Gasteiger partial charge in [0.05, 0.1) is 12.1 Å². The van der Waals surface area contributed by atoms with E-state index in [0.29, 0.717) is 6.42 Å². The number of aliphatic hydroxyl groups is 1. The summed E-state index contributed by atoms with van der Waals surface area (Å²) < 4.78 is 0. The molecule has 33 heavy (non-hydrogen) atoms. The van der Waals surface area contributed by atoms with Crippen molar-refractivity contribution in [1.82, 2.24) is 16.0 Å². The van der Waals surface area contributed by atoms with Crippen LogP contribution in [0.15, 0.2) is 4.99 Å². The van der Waals surface area contributed by atoms with E-state index < -0.39 is 54.0 Å². The molecule has 0 aromatic heterocycles. The second kappa shape index (κ2) is 15.3. The predicted octanol–water partition coefficient (Wildman–Crippen LogP) is -2.74. The van der Waals surface area contributed by atoms with E-state index in [1.54, 1.807) is 6.92 Å². The first-order valence-electron chi connectivity index (χ1n) is 10.6. The smallest absolute Gasteiger partial charge is 0.327 e. The summed E-state index contributed by atoms with van der Waals surface area (Å²) in [5, 5.41) is 26.3. The number of carbonyl (C=O) groups is 4. The van der Waals surface area contributed by atoms with Gasteiger partial charge < -0.3 is 43.4 Å². The standard InChI is InChI=1S/C19H37N7O6S/c1-4-9(2)13(20)16(29)26-14(10(3)27)17(30)24-11(6-5-7-23-19(21)22)15(28)25-12(8-33)18(31)32/h9-14,27,33H,4-8,20H2,1-3H3,(H,24,30)(H,25,28)(H,26,29)(H,31,32)(H4,21,22,23). The molecule has 0 aromatic rings. The number of hydrogen-bond acceptors (Lipinski definition) is 8. The highest BCUT2D eigenvalue weighted by molar-refractivity contribution is 7.80. The van der Waals surface area contributed by atoms with Gasteiger partial charge in [-0.25, -0.2) is 4.79 Å². The number of hydrogen-bond donors (Lipinski definition) is 9. The molecule has 11 N–H and O–H groups in total. The summed E-state index contributed by atoms with van der Waals surface area (Å²) in [6.45, 7) is 5.10. The van der Waals surface area contributed by atoms with Gasteiger partial charge in [-0.2, -0.15) is 12.6 Å². The number of carboxylic acids is 1. The van der Waals surface area contributed by atoms with Gasteiger partial charge in [-0.15, -0.1) is 0 Å². The molecule has 13 nitrogen and oxygen atoms in total. The lowest BCUT2D eigenvalue weighted by Crippen LogP contribution is -2.60. The summed E-state index contributed by atoms with van der Waals surface area (Å²) in [4.78, 5) is 52.9. The number of aliphatic carboxylic acids is 1. The number of rotatable bonds is 15. The van der Waals surface area contributed by atoms with Crippen LogP contribution in [0.5, 0.6) is 0 Å². The van der Waals surface area contributed by atoms with E-state index in [2.05, 4.69) is 33.6 Å². The minimum atomic E-state index is -1.39. The molecule has 0 fully saturated rings. The Kier molecular flexibility index (Phi) is 14.1. The van der Waals surface area contributed by atoms with Gasteiger partial charge in [-0.3, -0.25) is 19.4 Å². The maximum atomic E-state index is 12.8. The zero-order chi connectivity index (χ0) is 25.7. The Morgan fingerprint density at radius 2 is 1.58 bits per heavy atom. The number of amides is 3. The topological polar surface area (TPSA) is 235 Å². The van der Waals surface area contributed by atoms with Crippen molar-refractivity contribution in [2.45, 2.75) is 70.3 Å². The Hall–Kier alpha value is -2.58. The van der Waals surface area contributed by atoms with Gasteiger partial charge in [0.15, 0.2) is 5.96 Å². The lowest BCUT2D eigenvalue weighted by molar-refractivity contribution is -0.141. The fraction of sp³-hybridized carbons (Fsp3) is 0.737. The van der Waals surface area contributed by atoms with E-state index in [4.69, 9.17) is 22.3 Å². The van der Waals surface area contributed by atoms with Crippen molar-refractivity contribution in [1.29, 1.82) is 0 Å². The quantitative estimate of drug-likeness (QED) is 0.0499. The molecule has 3 amide bonds. The van der Waals surface area contributed by atoms with Gasteiger partial charge in [-0.1, -0.05) is 20.3 Å². The molecule has 6 unspecified atom stereocenters. The number of carboxylic acid groups (broad SMARTS) is 1. The van der Waals surface area contributed by atoms with Crippen LogP contribution in [-0.2, 0) is 19.2 Å². The van der Waals surface area contributed by atoms with Crippen LogP contribution in [0.3, 0.4) is 0 Å². The van der Waals surface area contributed by atoms with E-state index in [1.807, 2.05) is 6.92 Å². The Morgan fingerprint density at radius 1 is 1.00 bits per heavy atom. The van der Waals surface area contributed by atoms with Crippen molar-refractivity contribution in [3.8, 4) is 0 Å². The molecule has 0 aliphatic rings. The van der Waals surface area contributed by atoms with Crippen molar-refractivity contribution >= 4 is 42.3 Å². The highest BCUT2D eigenvalue weighted by Crippen LogP contribution is 2.07. The molecule has 0 aliphatic carbocycles. The first-order chi connectivity index (χ1) is 15.3. The molecule has 0 rings (SSSR count). The molecule has 0 saturated carbocycles. The van der Waals surface area contributed by atoms with E-state index in [1.165, 1.54) is 6.92 Å². The maximum absolute atomic E-state index is 12.8. The van der Waals surface area contributed by atoms with Crippen molar-refractivity contribution in [2.75, 3.05) is 12.3 Å². The molecule has 0 saturated heterocycles. The largest absolute Gasteiger partial charge is 0.480 e. The van der Waals surface area contributed by atoms with Crippen LogP contribution in [-0.4, -0.2) is 82.4 Å². The average molecular weight is 492 g/mol. The highest BCUT2D eigenvalue weighted by Gasteiger charge is 2.32. The molecule has 6 atom stereocenters. The molecular weight excluding hydrogens is 454 g/mol. The number of nitrogens with zero attached hydrogens (tertiary/aromatic N) is 1. The molecule has 0 bridgehead atoms. The van der Waals surface area contributed by atoms with Crippen LogP contribution in [0.1, 0.15) is 40.0 Å². The minimum Gasteiger partial charge on any atom is -0.480 e. The summed E-state index contributed by atoms with van der Waals surface area (Å²) in [6.07, 6.45) is -0.333. The lowest BCUT2D eigenvalue weighted by Gasteiger charge is -2.27. The molecule has 14 heteroatoms. The van der Waals surface area contributed by atoms with Crippen molar-refractivity contribution in [2.24, 2.45) is 28.1 Å². The van der Waals surface area contributed by atoms with Gasteiger partial charge in [0, 0.05) is 12.3 Å². The van der Waals surface area contributed by atoms with Crippen LogP contribution in [0.4, 0.5) is 0 Å². The number of nitrogens with one attached hydrogen (secondary N) is 3. The third-order valence-electron chi connectivity index (χ3n) is 5.00. The lowest BCUT2D eigenvalue weighted by atomic mass is 9.98. The van der Waals surface area contributed by atoms with Crippen LogP contribution >= 0.6 is 12.6 Å². The molecule has 0 aromatic carbocycles. The van der Waals surface area contributed by atoms with Gasteiger partial charge in [0.1, 0.15) is 18.1 Å². The monoisotopic (exact) mass is 491 g/mol. The molecule has 0 aliphatic heterocycles. The molecule has 0 spiro atoms. The summed E-state index contributed by atoms with van der Waals surface area (Å²) in [5.74, 6) is -4.01. The zero-order valence-corrected chi connectivity index (χ0v) is 20.0. The Morgan fingerprint density at radius 3 is 2.03 bits per heavy atom. The number of nitrogens with two attached hydrogens (primary N) is 3. The average Bonchev–Trinajstić information content (AvgIpc) is 2.75. The number of aliphatic imine (C=N–C) groups is 1. The minimum absolute atomic E-state index is 0.0557. The van der Waals surface area contributed by atoms with Crippen LogP contribution in [0.25, 0.3) is 0 Å². The SMILES string of the molecule is CCC(C)C(N)C(=O)NC(C(=O)NC(CCCN=C(N)N)C(=O)NC(CS)C(=O)O)C(C)O. The zero-order valence-electron chi connectivity index (χ0n) is 19.2. The number of aliphatic hydroxyl groups excluding tert-OH is 1. The maximum Gasteiger partial charge on any atom is 0.327 e. The Labute approximate surface area is 198 Å². The highest BCUT2D eigenvalue weighted by atomic mass is 32.1. The summed E-state index contributed by atoms with van der Waals surface area (Å²) in [7, 11) is 0. The summed E-state index contributed by atoms with van der Waals surface area (Å²) >= 11 is 3.90. The first kappa shape index (κ1) is 30.4. The number of carbonyl (C=O) groups excluding carboxylic acids is 3. The van der Waals surface area contributed by atoms with E-state index in [9.17, 15) is 24.3 Å². The summed E-state index contributed by atoms with van der Waals surface area (Å²) in [6, 6.07) is -4.75. The van der Waals surface area contributed by atoms with Crippen LogP contribution < -0.4 is 33.2 Å². The third-order valence-corrected chi connectivity index (χ3v) is 5.36. The summed E-state index contributed by atoms with van der Waals surface area (Å²) in [5.41, 5.74) is 16.4. The van der Waals surface area contributed by atoms with Gasteiger partial charge in [0.2, 0.25) is 17.7 Å². The van der Waals surface area contributed by atoms with Crippen molar-refractivity contribution in [3.63, 3.8) is 0 Å². The van der Waals surface area contributed by atoms with E-state index >= 15 is 0 Å². The van der Waals surface area contributed by atoms with Crippen molar-refractivity contribution in [3.05, 3.63) is 0 Å². The van der Waals surface area contributed by atoms with Gasteiger partial charge in [-0.05, 0) is 25.7 Å².